The molecule has 1 aliphatic rings. The molecule has 0 radical (unpaired) electrons. The first-order valence-corrected chi connectivity index (χ1v) is 10.6. The first-order valence-electron chi connectivity index (χ1n) is 10.6. The SMILES string of the molecule is COc1ccc(C(=O)N(CCCN2CCOCC2)C/C(C)=C/c2ccccc2)cc1. The van der Waals surface area contributed by atoms with E-state index in [2.05, 4.69) is 30.0 Å². The lowest BCUT2D eigenvalue weighted by molar-refractivity contribution is 0.0358. The molecule has 1 saturated heterocycles. The van der Waals surface area contributed by atoms with Gasteiger partial charge in [-0.05, 0) is 43.2 Å². The van der Waals surface area contributed by atoms with Crippen LogP contribution in [0.5, 0.6) is 5.75 Å². The lowest BCUT2D eigenvalue weighted by Crippen LogP contribution is -2.39. The molecule has 0 saturated carbocycles. The van der Waals surface area contributed by atoms with E-state index >= 15 is 0 Å². The number of carbonyl (C=O) groups excluding carboxylic acids is 1. The number of methoxy groups -OCH3 is 1. The van der Waals surface area contributed by atoms with E-state index in [1.165, 1.54) is 0 Å². The molecule has 1 fully saturated rings. The Morgan fingerprint density at radius 2 is 1.80 bits per heavy atom. The summed E-state index contributed by atoms with van der Waals surface area (Å²) in [4.78, 5) is 17.6. The minimum absolute atomic E-state index is 0.0560. The third-order valence-electron chi connectivity index (χ3n) is 5.28. The highest BCUT2D eigenvalue weighted by Gasteiger charge is 2.17. The highest BCUT2D eigenvalue weighted by Crippen LogP contribution is 2.15. The molecule has 2 aromatic carbocycles. The van der Waals surface area contributed by atoms with Crippen LogP contribution in [0.25, 0.3) is 6.08 Å². The highest BCUT2D eigenvalue weighted by atomic mass is 16.5. The Morgan fingerprint density at radius 1 is 1.10 bits per heavy atom. The van der Waals surface area contributed by atoms with Crippen LogP contribution in [0.4, 0.5) is 0 Å². The average molecular weight is 409 g/mol. The minimum atomic E-state index is 0.0560. The zero-order valence-corrected chi connectivity index (χ0v) is 18.0. The van der Waals surface area contributed by atoms with Crippen molar-refractivity contribution in [3.8, 4) is 5.75 Å². The van der Waals surface area contributed by atoms with E-state index in [-0.39, 0.29) is 5.91 Å². The maximum absolute atomic E-state index is 13.2. The summed E-state index contributed by atoms with van der Waals surface area (Å²) in [5.41, 5.74) is 3.00. The molecule has 3 rings (SSSR count). The van der Waals surface area contributed by atoms with E-state index < -0.39 is 0 Å². The molecule has 2 aromatic rings. The van der Waals surface area contributed by atoms with Crippen LogP contribution in [-0.2, 0) is 4.74 Å². The fourth-order valence-electron chi connectivity index (χ4n) is 3.66. The van der Waals surface area contributed by atoms with Crippen LogP contribution in [0.3, 0.4) is 0 Å². The predicted octanol–water partition coefficient (Wildman–Crippen LogP) is 3.96. The zero-order chi connectivity index (χ0) is 21.2. The Labute approximate surface area is 179 Å². The van der Waals surface area contributed by atoms with Gasteiger partial charge in [0, 0.05) is 38.3 Å². The van der Waals surface area contributed by atoms with E-state index in [0.29, 0.717) is 12.1 Å². The maximum Gasteiger partial charge on any atom is 0.254 e. The van der Waals surface area contributed by atoms with E-state index in [9.17, 15) is 4.79 Å². The van der Waals surface area contributed by atoms with Gasteiger partial charge in [0.2, 0.25) is 0 Å². The number of benzene rings is 2. The van der Waals surface area contributed by atoms with Gasteiger partial charge in [-0.1, -0.05) is 42.0 Å². The number of hydrogen-bond donors (Lipinski definition) is 0. The molecular formula is C25H32N2O3. The standard InChI is InChI=1S/C25H32N2O3/c1-21(19-22-7-4-3-5-8-22)20-27(14-6-13-26-15-17-30-18-16-26)25(28)23-9-11-24(29-2)12-10-23/h3-5,7-12,19H,6,13-18,20H2,1-2H3/b21-19+. The molecule has 1 amide bonds. The Kier molecular flexibility index (Phi) is 8.48. The van der Waals surface area contributed by atoms with Crippen LogP contribution in [-0.4, -0.2) is 68.8 Å². The van der Waals surface area contributed by atoms with Crippen molar-refractivity contribution in [1.82, 2.24) is 9.80 Å². The molecule has 1 aliphatic heterocycles. The third kappa shape index (κ3) is 6.71. The Balaban J connectivity index is 1.67. The van der Waals surface area contributed by atoms with Crippen molar-refractivity contribution >= 4 is 12.0 Å². The van der Waals surface area contributed by atoms with Crippen molar-refractivity contribution in [2.45, 2.75) is 13.3 Å². The number of ether oxygens (including phenoxy) is 2. The highest BCUT2D eigenvalue weighted by molar-refractivity contribution is 5.94. The molecule has 1 heterocycles. The van der Waals surface area contributed by atoms with Crippen molar-refractivity contribution in [2.24, 2.45) is 0 Å². The topological polar surface area (TPSA) is 42.0 Å². The Bertz CT molecular complexity index is 812. The summed E-state index contributed by atoms with van der Waals surface area (Å²) in [6.07, 6.45) is 3.09. The fourth-order valence-corrected chi connectivity index (χ4v) is 3.66. The van der Waals surface area contributed by atoms with E-state index in [1.807, 2.05) is 47.4 Å². The van der Waals surface area contributed by atoms with Gasteiger partial charge in [-0.3, -0.25) is 9.69 Å². The van der Waals surface area contributed by atoms with Crippen LogP contribution in [0.1, 0.15) is 29.3 Å². The number of carbonyl (C=O) groups is 1. The normalized spacial score (nSPS) is 15.1. The number of rotatable bonds is 9. The molecule has 0 aliphatic carbocycles. The number of morpholine rings is 1. The average Bonchev–Trinajstić information content (AvgIpc) is 2.79. The van der Waals surface area contributed by atoms with E-state index in [0.717, 1.165) is 62.7 Å². The number of nitrogens with zero attached hydrogens (tertiary/aromatic N) is 2. The Hall–Kier alpha value is -2.63. The summed E-state index contributed by atoms with van der Waals surface area (Å²) in [6.45, 7) is 7.95. The lowest BCUT2D eigenvalue weighted by Gasteiger charge is -2.28. The number of amides is 1. The van der Waals surface area contributed by atoms with Gasteiger partial charge in [0.15, 0.2) is 0 Å². The fraction of sp³-hybridized carbons (Fsp3) is 0.400. The van der Waals surface area contributed by atoms with E-state index in [1.54, 1.807) is 7.11 Å². The monoisotopic (exact) mass is 408 g/mol. The largest absolute Gasteiger partial charge is 0.497 e. The third-order valence-corrected chi connectivity index (χ3v) is 5.28. The van der Waals surface area contributed by atoms with Gasteiger partial charge in [0.1, 0.15) is 5.75 Å². The van der Waals surface area contributed by atoms with Gasteiger partial charge >= 0.3 is 0 Å². The van der Waals surface area contributed by atoms with Gasteiger partial charge in [0.25, 0.3) is 5.91 Å². The smallest absolute Gasteiger partial charge is 0.254 e. The van der Waals surface area contributed by atoms with Crippen molar-refractivity contribution in [1.29, 1.82) is 0 Å². The summed E-state index contributed by atoms with van der Waals surface area (Å²) in [7, 11) is 1.63. The van der Waals surface area contributed by atoms with Crippen LogP contribution in [0.2, 0.25) is 0 Å². The Morgan fingerprint density at radius 3 is 2.47 bits per heavy atom. The van der Waals surface area contributed by atoms with Crippen molar-refractivity contribution < 1.29 is 14.3 Å². The van der Waals surface area contributed by atoms with Gasteiger partial charge in [-0.2, -0.15) is 0 Å². The summed E-state index contributed by atoms with van der Waals surface area (Å²) >= 11 is 0. The van der Waals surface area contributed by atoms with Crippen LogP contribution < -0.4 is 4.74 Å². The second kappa shape index (κ2) is 11.5. The molecule has 30 heavy (non-hydrogen) atoms. The van der Waals surface area contributed by atoms with Gasteiger partial charge < -0.3 is 14.4 Å². The molecule has 0 aromatic heterocycles. The van der Waals surface area contributed by atoms with Crippen molar-refractivity contribution in [3.05, 3.63) is 71.3 Å². The molecule has 5 nitrogen and oxygen atoms in total. The van der Waals surface area contributed by atoms with Gasteiger partial charge in [-0.25, -0.2) is 0 Å². The van der Waals surface area contributed by atoms with E-state index in [4.69, 9.17) is 9.47 Å². The maximum atomic E-state index is 13.2. The molecule has 160 valence electrons. The van der Waals surface area contributed by atoms with Gasteiger partial charge in [0.05, 0.1) is 20.3 Å². The molecule has 5 heteroatoms. The summed E-state index contributed by atoms with van der Waals surface area (Å²) in [6, 6.07) is 17.6. The first-order chi connectivity index (χ1) is 14.7. The predicted molar refractivity (Wildman–Crippen MR) is 121 cm³/mol. The summed E-state index contributed by atoms with van der Waals surface area (Å²) < 4.78 is 10.7. The number of hydrogen-bond acceptors (Lipinski definition) is 4. The molecule has 0 N–H and O–H groups in total. The zero-order valence-electron chi connectivity index (χ0n) is 18.0. The van der Waals surface area contributed by atoms with Crippen molar-refractivity contribution in [3.63, 3.8) is 0 Å². The molecule has 0 atom stereocenters. The first kappa shape index (κ1) is 22.1. The molecular weight excluding hydrogens is 376 g/mol. The molecule has 0 bridgehead atoms. The second-order valence-electron chi connectivity index (χ2n) is 7.66. The van der Waals surface area contributed by atoms with Crippen LogP contribution >= 0.6 is 0 Å². The summed E-state index contributed by atoms with van der Waals surface area (Å²) in [5, 5.41) is 0. The summed E-state index contributed by atoms with van der Waals surface area (Å²) in [5.74, 6) is 0.811. The molecule has 0 unspecified atom stereocenters. The van der Waals surface area contributed by atoms with Crippen molar-refractivity contribution in [2.75, 3.05) is 53.0 Å². The molecule has 0 spiro atoms. The quantitative estimate of drug-likeness (QED) is 0.630. The van der Waals surface area contributed by atoms with Gasteiger partial charge in [-0.15, -0.1) is 0 Å². The van der Waals surface area contributed by atoms with Crippen LogP contribution in [0, 0.1) is 0 Å². The lowest BCUT2D eigenvalue weighted by atomic mass is 10.1. The minimum Gasteiger partial charge on any atom is -0.497 e. The van der Waals surface area contributed by atoms with Crippen LogP contribution in [0.15, 0.2) is 60.2 Å². The second-order valence-corrected chi connectivity index (χ2v) is 7.66.